The van der Waals surface area contributed by atoms with Crippen LogP contribution in [0.2, 0.25) is 0 Å². The van der Waals surface area contributed by atoms with Crippen LogP contribution in [0.25, 0.3) is 0 Å². The van der Waals surface area contributed by atoms with Gasteiger partial charge in [-0.05, 0) is 43.0 Å². The van der Waals surface area contributed by atoms with Crippen LogP contribution in [-0.2, 0) is 6.42 Å². The summed E-state index contributed by atoms with van der Waals surface area (Å²) in [5.41, 5.74) is 6.44. The number of nitrogens with zero attached hydrogens (tertiary/aromatic N) is 1. The first-order valence-corrected chi connectivity index (χ1v) is 8.33. The fourth-order valence-corrected chi connectivity index (χ4v) is 2.89. The molecule has 0 saturated carbocycles. The summed E-state index contributed by atoms with van der Waals surface area (Å²) >= 11 is 0. The minimum Gasteiger partial charge on any atom is -0.410 e. The lowest BCUT2D eigenvalue weighted by molar-refractivity contribution is 0.165. The molecule has 0 fully saturated rings. The molecule has 0 radical (unpaired) electrons. The number of fused-ring (bicyclic) bond motifs is 1. The predicted octanol–water partition coefficient (Wildman–Crippen LogP) is 1.20. The Balaban J connectivity index is 1.85. The molecule has 3 rings (SSSR count). The molecule has 0 spiro atoms. The zero-order valence-electron chi connectivity index (χ0n) is 14.6. The van der Waals surface area contributed by atoms with Crippen molar-refractivity contribution in [2.75, 3.05) is 24.6 Å². The molecular formula is C17H21N5O4. The van der Waals surface area contributed by atoms with Crippen LogP contribution in [0, 0.1) is 0 Å². The number of benzene rings is 1. The number of aryl methyl sites for hydroxylation is 1. The van der Waals surface area contributed by atoms with Crippen molar-refractivity contribution in [3.8, 4) is 5.75 Å². The molecule has 26 heavy (non-hydrogen) atoms. The first-order valence-electron chi connectivity index (χ1n) is 8.33. The normalized spacial score (nSPS) is 15.4. The summed E-state index contributed by atoms with van der Waals surface area (Å²) < 4.78 is 5.37. The van der Waals surface area contributed by atoms with Crippen molar-refractivity contribution in [1.82, 2.24) is 14.9 Å². The number of carbonyl (C=O) groups excluding carboxylic acids is 1. The molecular weight excluding hydrogens is 338 g/mol. The topological polar surface area (TPSA) is 133 Å². The van der Waals surface area contributed by atoms with Gasteiger partial charge in [-0.1, -0.05) is 6.07 Å². The van der Waals surface area contributed by atoms with E-state index in [9.17, 15) is 14.4 Å². The molecule has 9 nitrogen and oxygen atoms in total. The van der Waals surface area contributed by atoms with E-state index in [0.29, 0.717) is 12.3 Å². The Kier molecular flexibility index (Phi) is 4.70. The van der Waals surface area contributed by atoms with Gasteiger partial charge >= 0.3 is 11.8 Å². The van der Waals surface area contributed by atoms with Crippen LogP contribution in [0.5, 0.6) is 5.75 Å². The molecule has 138 valence electrons. The van der Waals surface area contributed by atoms with Crippen LogP contribution in [0.4, 0.5) is 16.3 Å². The van der Waals surface area contributed by atoms with E-state index in [1.807, 2.05) is 13.0 Å². The Morgan fingerprint density at radius 1 is 1.38 bits per heavy atom. The quantitative estimate of drug-likeness (QED) is 0.648. The highest BCUT2D eigenvalue weighted by atomic mass is 16.6. The zero-order chi connectivity index (χ0) is 18.8. The molecule has 2 aromatic rings. The number of H-pyrrole nitrogens is 2. The summed E-state index contributed by atoms with van der Waals surface area (Å²) in [6, 6.07) is 5.30. The van der Waals surface area contributed by atoms with E-state index in [2.05, 4.69) is 15.3 Å². The Morgan fingerprint density at radius 2 is 2.15 bits per heavy atom. The number of hydrogen-bond donors (Lipinski definition) is 4. The third-order valence-corrected chi connectivity index (χ3v) is 4.48. The standard InChI is InChI=1S/C17H21N5O4/c1-3-22(2)17(25)26-10-6-4-9-5-7-12(11(9)8-10)19-14-13(18)15(23)21-16(24)20-14/h4,6,8,12H,3,5,7,18H2,1-2H3,(H3,19,20,21,23,24). The first kappa shape index (κ1) is 17.6. The van der Waals surface area contributed by atoms with E-state index < -0.39 is 17.3 Å². The molecule has 0 saturated heterocycles. The average molecular weight is 359 g/mol. The SMILES string of the molecule is CCN(C)C(=O)Oc1ccc2c(c1)C(Nc1[nH]c(=O)[nH]c(=O)c1N)CC2. The minimum atomic E-state index is -0.639. The summed E-state index contributed by atoms with van der Waals surface area (Å²) in [5.74, 6) is 0.625. The number of hydrogen-bond acceptors (Lipinski definition) is 6. The first-order chi connectivity index (χ1) is 12.4. The lowest BCUT2D eigenvalue weighted by atomic mass is 10.1. The second kappa shape index (κ2) is 6.95. The molecule has 0 bridgehead atoms. The number of anilines is 2. The molecule has 5 N–H and O–H groups in total. The monoisotopic (exact) mass is 359 g/mol. The number of carbonyl (C=O) groups is 1. The van der Waals surface area contributed by atoms with Gasteiger partial charge in [0.1, 0.15) is 17.3 Å². The fourth-order valence-electron chi connectivity index (χ4n) is 2.89. The summed E-state index contributed by atoms with van der Waals surface area (Å²) in [5, 5.41) is 3.11. The summed E-state index contributed by atoms with van der Waals surface area (Å²) in [6.45, 7) is 2.40. The summed E-state index contributed by atoms with van der Waals surface area (Å²) in [4.78, 5) is 41.1. The minimum absolute atomic E-state index is 0.0785. The maximum atomic E-state index is 11.9. The maximum absolute atomic E-state index is 11.9. The molecule has 1 aliphatic rings. The lowest BCUT2D eigenvalue weighted by Crippen LogP contribution is -2.29. The van der Waals surface area contributed by atoms with E-state index >= 15 is 0 Å². The number of ether oxygens (including phenoxy) is 1. The molecule has 1 atom stereocenters. The van der Waals surface area contributed by atoms with Gasteiger partial charge in [0.25, 0.3) is 5.56 Å². The third-order valence-electron chi connectivity index (χ3n) is 4.48. The Hall–Kier alpha value is -3.23. The fraction of sp³-hybridized carbons (Fsp3) is 0.353. The zero-order valence-corrected chi connectivity index (χ0v) is 14.6. The lowest BCUT2D eigenvalue weighted by Gasteiger charge is -2.18. The highest BCUT2D eigenvalue weighted by Gasteiger charge is 2.25. The molecule has 1 heterocycles. The van der Waals surface area contributed by atoms with Crippen molar-refractivity contribution in [3.63, 3.8) is 0 Å². The van der Waals surface area contributed by atoms with Crippen LogP contribution in [0.3, 0.4) is 0 Å². The van der Waals surface area contributed by atoms with E-state index in [1.165, 1.54) is 4.90 Å². The molecule has 1 aromatic heterocycles. The highest BCUT2D eigenvalue weighted by molar-refractivity contribution is 5.70. The van der Waals surface area contributed by atoms with Crippen LogP contribution in [0.15, 0.2) is 27.8 Å². The number of aromatic amines is 2. The van der Waals surface area contributed by atoms with Crippen molar-refractivity contribution in [2.45, 2.75) is 25.8 Å². The van der Waals surface area contributed by atoms with Crippen LogP contribution in [-0.4, -0.2) is 34.6 Å². The van der Waals surface area contributed by atoms with Gasteiger partial charge in [-0.3, -0.25) is 14.8 Å². The summed E-state index contributed by atoms with van der Waals surface area (Å²) in [7, 11) is 1.66. The molecule has 1 unspecified atom stereocenters. The Morgan fingerprint density at radius 3 is 2.88 bits per heavy atom. The van der Waals surface area contributed by atoms with Crippen molar-refractivity contribution < 1.29 is 9.53 Å². The smallest absolute Gasteiger partial charge is 0.410 e. The molecule has 0 aliphatic heterocycles. The second-order valence-electron chi connectivity index (χ2n) is 6.18. The van der Waals surface area contributed by atoms with Gasteiger partial charge < -0.3 is 20.7 Å². The van der Waals surface area contributed by atoms with Gasteiger partial charge in [0.05, 0.1) is 6.04 Å². The Labute approximate surface area is 149 Å². The number of nitrogens with two attached hydrogens (primary N) is 1. The van der Waals surface area contributed by atoms with Gasteiger partial charge in [0.15, 0.2) is 0 Å². The van der Waals surface area contributed by atoms with Crippen molar-refractivity contribution in [1.29, 1.82) is 0 Å². The molecule has 1 amide bonds. The number of amides is 1. The van der Waals surface area contributed by atoms with E-state index in [1.54, 1.807) is 19.2 Å². The van der Waals surface area contributed by atoms with E-state index in [-0.39, 0.29) is 17.5 Å². The van der Waals surface area contributed by atoms with Crippen molar-refractivity contribution in [3.05, 3.63) is 50.2 Å². The number of nitrogens with one attached hydrogen (secondary N) is 3. The molecule has 1 aliphatic carbocycles. The number of rotatable bonds is 4. The van der Waals surface area contributed by atoms with Crippen LogP contribution < -0.4 is 27.0 Å². The van der Waals surface area contributed by atoms with Gasteiger partial charge in [-0.2, -0.15) is 0 Å². The number of nitrogen functional groups attached to an aromatic ring is 1. The van der Waals surface area contributed by atoms with Crippen molar-refractivity contribution >= 4 is 17.6 Å². The predicted molar refractivity (Wildman–Crippen MR) is 97.6 cm³/mol. The maximum Gasteiger partial charge on any atom is 0.414 e. The van der Waals surface area contributed by atoms with Gasteiger partial charge in [0, 0.05) is 13.6 Å². The molecule has 9 heteroatoms. The highest BCUT2D eigenvalue weighted by Crippen LogP contribution is 2.36. The largest absolute Gasteiger partial charge is 0.414 e. The van der Waals surface area contributed by atoms with E-state index in [0.717, 1.165) is 24.0 Å². The second-order valence-corrected chi connectivity index (χ2v) is 6.18. The third kappa shape index (κ3) is 3.41. The van der Waals surface area contributed by atoms with Crippen LogP contribution >= 0.6 is 0 Å². The Bertz CT molecular complexity index is 949. The van der Waals surface area contributed by atoms with Crippen LogP contribution in [0.1, 0.15) is 30.5 Å². The summed E-state index contributed by atoms with van der Waals surface area (Å²) in [6.07, 6.45) is 1.15. The van der Waals surface area contributed by atoms with Crippen molar-refractivity contribution in [2.24, 2.45) is 0 Å². The van der Waals surface area contributed by atoms with Gasteiger partial charge in [0.2, 0.25) is 0 Å². The number of aromatic nitrogens is 2. The van der Waals surface area contributed by atoms with E-state index in [4.69, 9.17) is 10.5 Å². The van der Waals surface area contributed by atoms with Gasteiger partial charge in [-0.25, -0.2) is 9.59 Å². The van der Waals surface area contributed by atoms with Gasteiger partial charge in [-0.15, -0.1) is 0 Å². The average Bonchev–Trinajstić information content (AvgIpc) is 3.00. The molecule has 1 aromatic carbocycles.